The lowest BCUT2D eigenvalue weighted by atomic mass is 10.1. The maximum Gasteiger partial charge on any atom is 0.121 e. The molecule has 5 heteroatoms. The Morgan fingerprint density at radius 3 is 3.08 bits per heavy atom. The van der Waals surface area contributed by atoms with E-state index < -0.39 is 0 Å². The summed E-state index contributed by atoms with van der Waals surface area (Å²) < 4.78 is 5.28. The van der Waals surface area contributed by atoms with Crippen LogP contribution in [0.1, 0.15) is 29.3 Å². The Bertz CT molecular complexity index is 940. The molecule has 4 rings (SSSR count). The van der Waals surface area contributed by atoms with Gasteiger partial charge in [0, 0.05) is 25.1 Å². The van der Waals surface area contributed by atoms with Gasteiger partial charge < -0.3 is 9.72 Å². The normalized spacial score (nSPS) is 17.7. The molecule has 0 saturated carbocycles. The largest absolute Gasteiger partial charge is 0.497 e. The summed E-state index contributed by atoms with van der Waals surface area (Å²) in [6.45, 7) is 2.90. The van der Waals surface area contributed by atoms with Crippen LogP contribution in [0.15, 0.2) is 42.5 Å². The molecule has 1 fully saturated rings. The van der Waals surface area contributed by atoms with E-state index in [9.17, 15) is 0 Å². The van der Waals surface area contributed by atoms with Gasteiger partial charge in [-0.15, -0.1) is 0 Å². The van der Waals surface area contributed by atoms with Crippen molar-refractivity contribution in [2.45, 2.75) is 18.9 Å². The summed E-state index contributed by atoms with van der Waals surface area (Å²) in [7, 11) is 1.68. The highest BCUT2D eigenvalue weighted by Crippen LogP contribution is 2.29. The number of aromatic amines is 1. The Morgan fingerprint density at radius 1 is 1.32 bits per heavy atom. The van der Waals surface area contributed by atoms with Crippen molar-refractivity contribution in [2.75, 3.05) is 20.2 Å². The van der Waals surface area contributed by atoms with Gasteiger partial charge in [-0.25, -0.2) is 4.98 Å². The third-order valence-electron chi connectivity index (χ3n) is 4.83. The lowest BCUT2D eigenvalue weighted by Crippen LogP contribution is -2.20. The Kier molecular flexibility index (Phi) is 4.12. The predicted molar refractivity (Wildman–Crippen MR) is 96.4 cm³/mol. The maximum atomic E-state index is 9.04. The Hall–Kier alpha value is -2.84. The summed E-state index contributed by atoms with van der Waals surface area (Å²) in [5.74, 6) is 2.31. The standard InChI is InChI=1S/C20H20N4O/c1-25-17-5-6-18-19(10-17)23-20(22-18)16-7-8-24(13-16)12-15-4-2-3-14(9-15)11-21/h2-6,9-10,16H,7-8,12-13H2,1H3,(H,22,23)/t16-/m0/s1. The molecular formula is C20H20N4O. The molecule has 1 aliphatic heterocycles. The molecule has 1 saturated heterocycles. The minimum absolute atomic E-state index is 0.414. The molecule has 2 aromatic carbocycles. The smallest absolute Gasteiger partial charge is 0.121 e. The van der Waals surface area contributed by atoms with Crippen molar-refractivity contribution in [3.8, 4) is 11.8 Å². The van der Waals surface area contributed by atoms with E-state index in [-0.39, 0.29) is 0 Å². The van der Waals surface area contributed by atoms with Crippen LogP contribution in [0.5, 0.6) is 5.75 Å². The third-order valence-corrected chi connectivity index (χ3v) is 4.83. The molecule has 0 spiro atoms. The van der Waals surface area contributed by atoms with E-state index in [1.807, 2.05) is 36.4 Å². The second-order valence-corrected chi connectivity index (χ2v) is 6.54. The summed E-state index contributed by atoms with van der Waals surface area (Å²) in [5.41, 5.74) is 3.92. The summed E-state index contributed by atoms with van der Waals surface area (Å²) in [5, 5.41) is 9.04. The number of H-pyrrole nitrogens is 1. The Balaban J connectivity index is 1.47. The Labute approximate surface area is 146 Å². The quantitative estimate of drug-likeness (QED) is 0.795. The van der Waals surface area contributed by atoms with Gasteiger partial charge in [0.1, 0.15) is 11.6 Å². The molecule has 25 heavy (non-hydrogen) atoms. The topological polar surface area (TPSA) is 64.9 Å². The van der Waals surface area contributed by atoms with Crippen LogP contribution < -0.4 is 4.74 Å². The molecule has 1 aliphatic rings. The van der Waals surface area contributed by atoms with Gasteiger partial charge in [0.05, 0.1) is 29.8 Å². The minimum atomic E-state index is 0.414. The first-order valence-electron chi connectivity index (χ1n) is 8.50. The molecule has 0 bridgehead atoms. The van der Waals surface area contributed by atoms with Crippen LogP contribution in [0.4, 0.5) is 0 Å². The number of likely N-dealkylation sites (tertiary alicyclic amines) is 1. The van der Waals surface area contributed by atoms with E-state index in [1.54, 1.807) is 7.11 Å². The van der Waals surface area contributed by atoms with Gasteiger partial charge in [-0.1, -0.05) is 12.1 Å². The second kappa shape index (κ2) is 6.58. The lowest BCUT2D eigenvalue weighted by molar-refractivity contribution is 0.326. The zero-order valence-electron chi connectivity index (χ0n) is 14.2. The number of fused-ring (bicyclic) bond motifs is 1. The molecule has 3 aromatic rings. The molecule has 1 atom stereocenters. The monoisotopic (exact) mass is 332 g/mol. The van der Waals surface area contributed by atoms with Crippen molar-refractivity contribution in [3.63, 3.8) is 0 Å². The first-order chi connectivity index (χ1) is 12.2. The lowest BCUT2D eigenvalue weighted by Gasteiger charge is -2.15. The summed E-state index contributed by atoms with van der Waals surface area (Å²) >= 11 is 0. The number of nitrogens with zero attached hydrogens (tertiary/aromatic N) is 3. The van der Waals surface area contributed by atoms with Crippen LogP contribution >= 0.6 is 0 Å². The van der Waals surface area contributed by atoms with Crippen LogP contribution in [0.25, 0.3) is 11.0 Å². The molecule has 126 valence electrons. The first-order valence-corrected chi connectivity index (χ1v) is 8.50. The molecule has 0 amide bonds. The van der Waals surface area contributed by atoms with Gasteiger partial charge in [-0.3, -0.25) is 4.90 Å². The van der Waals surface area contributed by atoms with Crippen LogP contribution in [0.3, 0.4) is 0 Å². The van der Waals surface area contributed by atoms with Crippen molar-refractivity contribution in [1.29, 1.82) is 5.26 Å². The summed E-state index contributed by atoms with van der Waals surface area (Å²) in [6.07, 6.45) is 1.09. The SMILES string of the molecule is COc1ccc2nc([C@H]3CCN(Cc4cccc(C#N)c4)C3)[nH]c2c1. The van der Waals surface area contributed by atoms with E-state index in [0.29, 0.717) is 5.92 Å². The maximum absolute atomic E-state index is 9.04. The Morgan fingerprint density at radius 2 is 2.24 bits per heavy atom. The highest BCUT2D eigenvalue weighted by Gasteiger charge is 2.26. The van der Waals surface area contributed by atoms with E-state index in [4.69, 9.17) is 15.0 Å². The van der Waals surface area contributed by atoms with Crippen molar-refractivity contribution in [1.82, 2.24) is 14.9 Å². The van der Waals surface area contributed by atoms with Gasteiger partial charge >= 0.3 is 0 Å². The van der Waals surface area contributed by atoms with Crippen LogP contribution in [0.2, 0.25) is 0 Å². The predicted octanol–water partition coefficient (Wildman–Crippen LogP) is 3.43. The highest BCUT2D eigenvalue weighted by molar-refractivity contribution is 5.76. The molecule has 0 radical (unpaired) electrons. The summed E-state index contributed by atoms with van der Waals surface area (Å²) in [6, 6.07) is 16.0. The first kappa shape index (κ1) is 15.7. The number of imidazole rings is 1. The number of nitrogens with one attached hydrogen (secondary N) is 1. The highest BCUT2D eigenvalue weighted by atomic mass is 16.5. The molecule has 1 N–H and O–H groups in total. The number of aromatic nitrogens is 2. The van der Waals surface area contributed by atoms with E-state index >= 15 is 0 Å². The molecule has 5 nitrogen and oxygen atoms in total. The second-order valence-electron chi connectivity index (χ2n) is 6.54. The fourth-order valence-corrected chi connectivity index (χ4v) is 3.53. The number of nitriles is 1. The van der Waals surface area contributed by atoms with E-state index in [0.717, 1.165) is 54.2 Å². The van der Waals surface area contributed by atoms with Crippen LogP contribution in [-0.2, 0) is 6.54 Å². The third kappa shape index (κ3) is 3.21. The molecule has 0 aliphatic carbocycles. The van der Waals surface area contributed by atoms with Gasteiger partial charge in [0.15, 0.2) is 0 Å². The van der Waals surface area contributed by atoms with Gasteiger partial charge in [0.25, 0.3) is 0 Å². The average molecular weight is 332 g/mol. The van der Waals surface area contributed by atoms with Gasteiger partial charge in [-0.05, 0) is 42.8 Å². The molecule has 1 aromatic heterocycles. The van der Waals surface area contributed by atoms with E-state index in [1.165, 1.54) is 5.56 Å². The zero-order valence-corrected chi connectivity index (χ0v) is 14.2. The van der Waals surface area contributed by atoms with Crippen molar-refractivity contribution >= 4 is 11.0 Å². The number of benzene rings is 2. The van der Waals surface area contributed by atoms with Crippen molar-refractivity contribution in [3.05, 3.63) is 59.4 Å². The number of methoxy groups -OCH3 is 1. The molecule has 2 heterocycles. The van der Waals surface area contributed by atoms with Gasteiger partial charge in [0.2, 0.25) is 0 Å². The van der Waals surface area contributed by atoms with Crippen molar-refractivity contribution < 1.29 is 4.74 Å². The number of hydrogen-bond donors (Lipinski definition) is 1. The van der Waals surface area contributed by atoms with Crippen molar-refractivity contribution in [2.24, 2.45) is 0 Å². The zero-order chi connectivity index (χ0) is 17.2. The molecule has 0 unspecified atom stereocenters. The van der Waals surface area contributed by atoms with Crippen LogP contribution in [0, 0.1) is 11.3 Å². The number of ether oxygens (including phenoxy) is 1. The van der Waals surface area contributed by atoms with Gasteiger partial charge in [-0.2, -0.15) is 5.26 Å². The fourth-order valence-electron chi connectivity index (χ4n) is 3.53. The average Bonchev–Trinajstić information content (AvgIpc) is 3.27. The summed E-state index contributed by atoms with van der Waals surface area (Å²) in [4.78, 5) is 10.6. The minimum Gasteiger partial charge on any atom is -0.497 e. The van der Waals surface area contributed by atoms with Crippen LogP contribution in [-0.4, -0.2) is 35.1 Å². The fraction of sp³-hybridized carbons (Fsp3) is 0.300. The molecular weight excluding hydrogens is 312 g/mol. The number of hydrogen-bond acceptors (Lipinski definition) is 4. The number of rotatable bonds is 4. The van der Waals surface area contributed by atoms with E-state index in [2.05, 4.69) is 22.0 Å².